The van der Waals surface area contributed by atoms with Gasteiger partial charge in [-0.1, -0.05) is 0 Å². The monoisotopic (exact) mass is 164 g/mol. The molecule has 64 valence electrons. The van der Waals surface area contributed by atoms with Crippen molar-refractivity contribution in [3.8, 4) is 12.1 Å². The molecule has 12 heavy (non-hydrogen) atoms. The highest BCUT2D eigenvalue weighted by Crippen LogP contribution is 1.72. The van der Waals surface area contributed by atoms with Crippen molar-refractivity contribution in [2.24, 2.45) is 0 Å². The lowest BCUT2D eigenvalue weighted by Gasteiger charge is -1.95. The molecule has 0 unspecified atom stereocenters. The second-order valence-corrected chi connectivity index (χ2v) is 2.06. The van der Waals surface area contributed by atoms with Crippen LogP contribution in [0.5, 0.6) is 0 Å². The summed E-state index contributed by atoms with van der Waals surface area (Å²) in [6, 6.07) is 4.04. The van der Waals surface area contributed by atoms with Crippen LogP contribution in [0.25, 0.3) is 0 Å². The van der Waals surface area contributed by atoms with Gasteiger partial charge in [-0.05, 0) is 0 Å². The fourth-order valence-electron chi connectivity index (χ4n) is 0.541. The van der Waals surface area contributed by atoms with E-state index in [9.17, 15) is 0 Å². The van der Waals surface area contributed by atoms with Gasteiger partial charge in [0.15, 0.2) is 0 Å². The average molecular weight is 164 g/mol. The first-order valence-corrected chi connectivity index (χ1v) is 3.77. The van der Waals surface area contributed by atoms with Gasteiger partial charge in [0.2, 0.25) is 0 Å². The normalized spacial score (nSPS) is 8.83. The summed E-state index contributed by atoms with van der Waals surface area (Å²) in [4.78, 5) is 0. The second-order valence-electron chi connectivity index (χ2n) is 2.06. The topological polar surface area (TPSA) is 71.6 Å². The maximum absolute atomic E-state index is 8.17. The van der Waals surface area contributed by atoms with E-state index in [1.165, 1.54) is 0 Å². The van der Waals surface area contributed by atoms with Crippen LogP contribution in [-0.2, 0) is 0 Å². The summed E-state index contributed by atoms with van der Waals surface area (Å²) in [7, 11) is 0. The van der Waals surface area contributed by atoms with Gasteiger partial charge in [0.1, 0.15) is 0 Å². The first-order valence-electron chi connectivity index (χ1n) is 3.77. The van der Waals surface area contributed by atoms with E-state index in [1.807, 2.05) is 12.1 Å². The predicted molar refractivity (Wildman–Crippen MR) is 45.6 cm³/mol. The molecule has 0 radical (unpaired) electrons. The third-order valence-electron chi connectivity index (χ3n) is 1.08. The van der Waals surface area contributed by atoms with Crippen molar-refractivity contribution in [1.82, 2.24) is 10.6 Å². The van der Waals surface area contributed by atoms with Crippen molar-refractivity contribution in [1.29, 1.82) is 10.5 Å². The standard InChI is InChI=1S/C8H12N4/c9-3-1-5-11-7-8-12-6-2-4-10/h7-8,11-12H,1-2,5-6H2/b8-7+. The third-order valence-corrected chi connectivity index (χ3v) is 1.08. The van der Waals surface area contributed by atoms with E-state index in [1.54, 1.807) is 12.4 Å². The van der Waals surface area contributed by atoms with Gasteiger partial charge < -0.3 is 10.6 Å². The molecule has 0 fully saturated rings. The first-order chi connectivity index (χ1) is 5.91. The van der Waals surface area contributed by atoms with Crippen LogP contribution in [0, 0.1) is 22.7 Å². The quantitative estimate of drug-likeness (QED) is 0.559. The molecule has 0 rings (SSSR count). The summed E-state index contributed by atoms with van der Waals surface area (Å²) >= 11 is 0. The lowest BCUT2D eigenvalue weighted by atomic mass is 10.5. The fourth-order valence-corrected chi connectivity index (χ4v) is 0.541. The van der Waals surface area contributed by atoms with Gasteiger partial charge in [-0.15, -0.1) is 0 Å². The Labute approximate surface area is 72.5 Å². The van der Waals surface area contributed by atoms with Gasteiger partial charge in [0, 0.05) is 25.5 Å². The van der Waals surface area contributed by atoms with Crippen LogP contribution in [0.2, 0.25) is 0 Å². The van der Waals surface area contributed by atoms with Crippen LogP contribution < -0.4 is 10.6 Å². The van der Waals surface area contributed by atoms with Crippen LogP contribution >= 0.6 is 0 Å². The Balaban J connectivity index is 3.06. The largest absolute Gasteiger partial charge is 0.389 e. The zero-order valence-corrected chi connectivity index (χ0v) is 6.88. The van der Waals surface area contributed by atoms with Gasteiger partial charge in [-0.25, -0.2) is 0 Å². The summed E-state index contributed by atoms with van der Waals surface area (Å²) < 4.78 is 0. The minimum Gasteiger partial charge on any atom is -0.389 e. The number of rotatable bonds is 6. The Bertz CT molecular complexity index is 174. The lowest BCUT2D eigenvalue weighted by Crippen LogP contribution is -2.11. The fraction of sp³-hybridized carbons (Fsp3) is 0.500. The zero-order chi connectivity index (χ0) is 9.07. The molecule has 0 amide bonds. The third kappa shape index (κ3) is 8.32. The molecule has 0 aliphatic rings. The highest BCUT2D eigenvalue weighted by molar-refractivity contribution is 4.81. The molecule has 0 aliphatic carbocycles. The predicted octanol–water partition coefficient (Wildman–Crippen LogP) is 0.464. The van der Waals surface area contributed by atoms with Crippen LogP contribution in [0.15, 0.2) is 12.4 Å². The van der Waals surface area contributed by atoms with E-state index in [0.717, 1.165) is 0 Å². The minimum atomic E-state index is 0.503. The molecule has 0 saturated carbocycles. The molecule has 0 atom stereocenters. The van der Waals surface area contributed by atoms with Crippen molar-refractivity contribution < 1.29 is 0 Å². The minimum absolute atomic E-state index is 0.503. The molecule has 4 nitrogen and oxygen atoms in total. The van der Waals surface area contributed by atoms with Crippen molar-refractivity contribution in [2.45, 2.75) is 12.8 Å². The number of nitriles is 2. The van der Waals surface area contributed by atoms with Crippen molar-refractivity contribution in [2.75, 3.05) is 13.1 Å². The highest BCUT2D eigenvalue weighted by Gasteiger charge is 1.78. The van der Waals surface area contributed by atoms with Gasteiger partial charge in [-0.2, -0.15) is 10.5 Å². The van der Waals surface area contributed by atoms with E-state index >= 15 is 0 Å². The molecular weight excluding hydrogens is 152 g/mol. The van der Waals surface area contributed by atoms with Crippen molar-refractivity contribution >= 4 is 0 Å². The van der Waals surface area contributed by atoms with Crippen molar-refractivity contribution in [3.63, 3.8) is 0 Å². The number of hydrogen-bond acceptors (Lipinski definition) is 4. The van der Waals surface area contributed by atoms with Crippen LogP contribution in [0.4, 0.5) is 0 Å². The maximum Gasteiger partial charge on any atom is 0.0640 e. The van der Waals surface area contributed by atoms with Gasteiger partial charge in [0.05, 0.1) is 25.0 Å². The molecule has 0 heterocycles. The van der Waals surface area contributed by atoms with E-state index in [2.05, 4.69) is 10.6 Å². The maximum atomic E-state index is 8.17. The Kier molecular flexibility index (Phi) is 8.02. The molecule has 4 heteroatoms. The van der Waals surface area contributed by atoms with Crippen LogP contribution in [-0.4, -0.2) is 13.1 Å². The molecule has 2 N–H and O–H groups in total. The Hall–Kier alpha value is -1.68. The van der Waals surface area contributed by atoms with E-state index in [4.69, 9.17) is 10.5 Å². The number of hydrogen-bond donors (Lipinski definition) is 2. The smallest absolute Gasteiger partial charge is 0.0640 e. The van der Waals surface area contributed by atoms with Gasteiger partial charge >= 0.3 is 0 Å². The van der Waals surface area contributed by atoms with E-state index in [0.29, 0.717) is 25.9 Å². The van der Waals surface area contributed by atoms with Crippen LogP contribution in [0.3, 0.4) is 0 Å². The summed E-state index contributed by atoms with van der Waals surface area (Å²) in [5.41, 5.74) is 0. The molecule has 0 aromatic rings. The average Bonchev–Trinajstić information content (AvgIpc) is 2.10. The Morgan fingerprint density at radius 3 is 1.67 bits per heavy atom. The summed E-state index contributed by atoms with van der Waals surface area (Å²) in [5, 5.41) is 22.2. The summed E-state index contributed by atoms with van der Waals surface area (Å²) in [6.07, 6.45) is 4.47. The zero-order valence-electron chi connectivity index (χ0n) is 6.88. The van der Waals surface area contributed by atoms with Gasteiger partial charge in [0.25, 0.3) is 0 Å². The van der Waals surface area contributed by atoms with Crippen molar-refractivity contribution in [3.05, 3.63) is 12.4 Å². The molecule has 0 saturated heterocycles. The summed E-state index contributed by atoms with van der Waals surface area (Å²) in [5.74, 6) is 0. The molecule has 0 spiro atoms. The summed E-state index contributed by atoms with van der Waals surface area (Å²) in [6.45, 7) is 1.32. The Morgan fingerprint density at radius 1 is 0.917 bits per heavy atom. The molecule has 0 aliphatic heterocycles. The number of nitrogens with one attached hydrogen (secondary N) is 2. The number of nitrogens with zero attached hydrogens (tertiary/aromatic N) is 2. The lowest BCUT2D eigenvalue weighted by molar-refractivity contribution is 0.819. The molecule has 0 bridgehead atoms. The second kappa shape index (κ2) is 9.32. The van der Waals surface area contributed by atoms with E-state index < -0.39 is 0 Å². The first kappa shape index (κ1) is 10.3. The highest BCUT2D eigenvalue weighted by atomic mass is 14.9. The Morgan fingerprint density at radius 2 is 1.33 bits per heavy atom. The van der Waals surface area contributed by atoms with Crippen LogP contribution in [0.1, 0.15) is 12.8 Å². The van der Waals surface area contributed by atoms with Gasteiger partial charge in [-0.3, -0.25) is 0 Å². The molecular formula is C8H12N4. The van der Waals surface area contributed by atoms with E-state index in [-0.39, 0.29) is 0 Å². The molecule has 0 aromatic carbocycles. The SMILES string of the molecule is N#CCCN/C=C/NCCC#N. The molecule has 0 aromatic heterocycles.